The summed E-state index contributed by atoms with van der Waals surface area (Å²) in [6.45, 7) is 3.74. The second-order valence-corrected chi connectivity index (χ2v) is 5.25. The highest BCUT2D eigenvalue weighted by atomic mass is 16.6. The quantitative estimate of drug-likeness (QED) is 0.810. The smallest absolute Gasteiger partial charge is 0.323 e. The lowest BCUT2D eigenvalue weighted by Gasteiger charge is -2.23. The van der Waals surface area contributed by atoms with E-state index in [4.69, 9.17) is 9.47 Å². The van der Waals surface area contributed by atoms with Gasteiger partial charge in [-0.15, -0.1) is 0 Å². The second-order valence-electron chi connectivity index (χ2n) is 5.25. The molecule has 110 valence electrons. The van der Waals surface area contributed by atoms with Crippen molar-refractivity contribution >= 4 is 5.97 Å². The molecule has 4 nitrogen and oxygen atoms in total. The summed E-state index contributed by atoms with van der Waals surface area (Å²) in [7, 11) is 0. The molecule has 2 atom stereocenters. The zero-order valence-electron chi connectivity index (χ0n) is 12.0. The summed E-state index contributed by atoms with van der Waals surface area (Å²) in [6.07, 6.45) is 2.89. The van der Waals surface area contributed by atoms with E-state index in [0.29, 0.717) is 13.2 Å². The minimum atomic E-state index is -0.213. The SMILES string of the molecule is CC(COCc1ccccc1)OC(=O)C1CCCCN1. The van der Waals surface area contributed by atoms with Crippen LogP contribution in [0.1, 0.15) is 31.7 Å². The van der Waals surface area contributed by atoms with Gasteiger partial charge in [-0.1, -0.05) is 36.8 Å². The Morgan fingerprint density at radius 1 is 1.35 bits per heavy atom. The molecule has 1 aromatic carbocycles. The van der Waals surface area contributed by atoms with Crippen molar-refractivity contribution in [2.24, 2.45) is 0 Å². The molecule has 1 fully saturated rings. The molecule has 20 heavy (non-hydrogen) atoms. The summed E-state index contributed by atoms with van der Waals surface area (Å²) < 4.78 is 11.0. The number of rotatable bonds is 6. The molecule has 1 heterocycles. The number of hydrogen-bond acceptors (Lipinski definition) is 4. The van der Waals surface area contributed by atoms with Crippen molar-refractivity contribution < 1.29 is 14.3 Å². The maximum atomic E-state index is 11.9. The van der Waals surface area contributed by atoms with Gasteiger partial charge in [0.05, 0.1) is 13.2 Å². The van der Waals surface area contributed by atoms with Gasteiger partial charge in [0, 0.05) is 0 Å². The van der Waals surface area contributed by atoms with E-state index in [1.165, 1.54) is 0 Å². The Morgan fingerprint density at radius 3 is 2.85 bits per heavy atom. The fourth-order valence-electron chi connectivity index (χ4n) is 2.28. The van der Waals surface area contributed by atoms with Crippen molar-refractivity contribution in [1.82, 2.24) is 5.32 Å². The largest absolute Gasteiger partial charge is 0.459 e. The molecule has 0 spiro atoms. The van der Waals surface area contributed by atoms with E-state index in [-0.39, 0.29) is 18.1 Å². The van der Waals surface area contributed by atoms with E-state index in [0.717, 1.165) is 31.4 Å². The van der Waals surface area contributed by atoms with Crippen LogP contribution in [-0.4, -0.2) is 31.3 Å². The third kappa shape index (κ3) is 4.94. The number of hydrogen-bond donors (Lipinski definition) is 1. The summed E-state index contributed by atoms with van der Waals surface area (Å²) in [5, 5.41) is 3.19. The molecule has 0 amide bonds. The summed E-state index contributed by atoms with van der Waals surface area (Å²) in [4.78, 5) is 11.9. The van der Waals surface area contributed by atoms with E-state index in [2.05, 4.69) is 5.32 Å². The molecule has 1 saturated heterocycles. The van der Waals surface area contributed by atoms with Crippen LogP contribution in [0, 0.1) is 0 Å². The van der Waals surface area contributed by atoms with Gasteiger partial charge in [-0.05, 0) is 31.9 Å². The molecular weight excluding hydrogens is 254 g/mol. The van der Waals surface area contributed by atoms with Crippen molar-refractivity contribution in [2.45, 2.75) is 44.9 Å². The Hall–Kier alpha value is -1.39. The molecule has 1 N–H and O–H groups in total. The van der Waals surface area contributed by atoms with Crippen molar-refractivity contribution in [2.75, 3.05) is 13.2 Å². The average molecular weight is 277 g/mol. The lowest BCUT2D eigenvalue weighted by Crippen LogP contribution is -2.42. The minimum Gasteiger partial charge on any atom is -0.459 e. The molecule has 0 aliphatic carbocycles. The normalized spacial score (nSPS) is 20.4. The van der Waals surface area contributed by atoms with E-state index < -0.39 is 0 Å². The molecule has 2 unspecified atom stereocenters. The van der Waals surface area contributed by atoms with Crippen LogP contribution in [0.15, 0.2) is 30.3 Å². The van der Waals surface area contributed by atoms with Crippen LogP contribution in [0.4, 0.5) is 0 Å². The molecule has 0 saturated carbocycles. The number of nitrogens with one attached hydrogen (secondary N) is 1. The van der Waals surface area contributed by atoms with Gasteiger partial charge in [-0.25, -0.2) is 0 Å². The lowest BCUT2D eigenvalue weighted by molar-refractivity contribution is -0.154. The second kappa shape index (κ2) is 8.02. The van der Waals surface area contributed by atoms with Gasteiger partial charge < -0.3 is 14.8 Å². The van der Waals surface area contributed by atoms with Gasteiger partial charge in [0.2, 0.25) is 0 Å². The summed E-state index contributed by atoms with van der Waals surface area (Å²) in [6, 6.07) is 9.84. The molecule has 1 aromatic rings. The van der Waals surface area contributed by atoms with E-state index in [1.54, 1.807) is 0 Å². The Morgan fingerprint density at radius 2 is 2.15 bits per heavy atom. The van der Waals surface area contributed by atoms with Crippen LogP contribution in [0.25, 0.3) is 0 Å². The Balaban J connectivity index is 1.64. The van der Waals surface area contributed by atoms with Gasteiger partial charge in [0.1, 0.15) is 12.1 Å². The van der Waals surface area contributed by atoms with Crippen molar-refractivity contribution in [3.8, 4) is 0 Å². The maximum absolute atomic E-state index is 11.9. The van der Waals surface area contributed by atoms with Crippen molar-refractivity contribution in [3.05, 3.63) is 35.9 Å². The van der Waals surface area contributed by atoms with Crippen LogP contribution >= 0.6 is 0 Å². The first-order valence-electron chi connectivity index (χ1n) is 7.31. The number of benzene rings is 1. The Kier molecular flexibility index (Phi) is 6.02. The highest BCUT2D eigenvalue weighted by molar-refractivity contribution is 5.76. The number of esters is 1. The van der Waals surface area contributed by atoms with E-state index in [9.17, 15) is 4.79 Å². The minimum absolute atomic E-state index is 0.139. The van der Waals surface area contributed by atoms with Gasteiger partial charge in [0.25, 0.3) is 0 Å². The van der Waals surface area contributed by atoms with Crippen LogP contribution in [0.2, 0.25) is 0 Å². The van der Waals surface area contributed by atoms with Crippen molar-refractivity contribution in [3.63, 3.8) is 0 Å². The first-order chi connectivity index (χ1) is 9.75. The summed E-state index contributed by atoms with van der Waals surface area (Å²) in [5.41, 5.74) is 1.12. The molecule has 1 aliphatic rings. The number of ether oxygens (including phenoxy) is 2. The van der Waals surface area contributed by atoms with Gasteiger partial charge >= 0.3 is 5.97 Å². The van der Waals surface area contributed by atoms with Gasteiger partial charge in [0.15, 0.2) is 0 Å². The van der Waals surface area contributed by atoms with E-state index >= 15 is 0 Å². The molecular formula is C16H23NO3. The zero-order chi connectivity index (χ0) is 14.2. The fourth-order valence-corrected chi connectivity index (χ4v) is 2.28. The Bertz CT molecular complexity index is 401. The third-order valence-electron chi connectivity index (χ3n) is 3.38. The summed E-state index contributed by atoms with van der Waals surface area (Å²) >= 11 is 0. The number of carbonyl (C=O) groups is 1. The summed E-state index contributed by atoms with van der Waals surface area (Å²) in [5.74, 6) is -0.152. The first kappa shape index (κ1) is 15.0. The topological polar surface area (TPSA) is 47.6 Å². The molecule has 2 rings (SSSR count). The van der Waals surface area contributed by atoms with Crippen LogP contribution < -0.4 is 5.32 Å². The maximum Gasteiger partial charge on any atom is 0.323 e. The number of carbonyl (C=O) groups excluding carboxylic acids is 1. The average Bonchev–Trinajstić information content (AvgIpc) is 2.49. The predicted octanol–water partition coefficient (Wildman–Crippen LogP) is 2.28. The van der Waals surface area contributed by atoms with Crippen LogP contribution in [0.3, 0.4) is 0 Å². The lowest BCUT2D eigenvalue weighted by atomic mass is 10.1. The molecule has 0 radical (unpaired) electrons. The molecule has 0 aromatic heterocycles. The number of piperidine rings is 1. The first-order valence-corrected chi connectivity index (χ1v) is 7.31. The van der Waals surface area contributed by atoms with Gasteiger partial charge in [-0.2, -0.15) is 0 Å². The highest BCUT2D eigenvalue weighted by Gasteiger charge is 2.23. The van der Waals surface area contributed by atoms with Crippen LogP contribution in [0.5, 0.6) is 0 Å². The molecule has 4 heteroatoms. The molecule has 0 bridgehead atoms. The monoisotopic (exact) mass is 277 g/mol. The predicted molar refractivity (Wildman–Crippen MR) is 77.3 cm³/mol. The highest BCUT2D eigenvalue weighted by Crippen LogP contribution is 2.10. The van der Waals surface area contributed by atoms with Crippen LogP contribution in [-0.2, 0) is 20.9 Å². The third-order valence-corrected chi connectivity index (χ3v) is 3.38. The zero-order valence-corrected chi connectivity index (χ0v) is 12.0. The standard InChI is InChI=1S/C16H23NO3/c1-13(11-19-12-14-7-3-2-4-8-14)20-16(18)15-9-5-6-10-17-15/h2-4,7-8,13,15,17H,5-6,9-12H2,1H3. The van der Waals surface area contributed by atoms with E-state index in [1.807, 2.05) is 37.3 Å². The molecule has 1 aliphatic heterocycles. The van der Waals surface area contributed by atoms with Crippen molar-refractivity contribution in [1.29, 1.82) is 0 Å². The van der Waals surface area contributed by atoms with Gasteiger partial charge in [-0.3, -0.25) is 4.79 Å². The fraction of sp³-hybridized carbons (Fsp3) is 0.562. The Labute approximate surface area is 120 Å².